The minimum Gasteiger partial charge on any atom is -0.357 e. The van der Waals surface area contributed by atoms with Crippen molar-refractivity contribution in [2.45, 2.75) is 39.3 Å². The molecule has 2 heterocycles. The van der Waals surface area contributed by atoms with Crippen LogP contribution < -0.4 is 15.5 Å². The van der Waals surface area contributed by atoms with Gasteiger partial charge >= 0.3 is 0 Å². The van der Waals surface area contributed by atoms with Gasteiger partial charge in [-0.25, -0.2) is 9.97 Å². The van der Waals surface area contributed by atoms with Crippen LogP contribution in [0.25, 0.3) is 0 Å². The second-order valence-electron chi connectivity index (χ2n) is 8.35. The lowest BCUT2D eigenvalue weighted by atomic mass is 10.0. The first-order valence-electron chi connectivity index (χ1n) is 10.9. The average Bonchev–Trinajstić information content (AvgIpc) is 2.78. The SMILES string of the molecule is CCNC(=NCC(C)(C)NC(C)c1ccccc1)N1CCN(c2ncccn2)CC1.I. The Kier molecular flexibility index (Phi) is 9.95. The van der Waals surface area contributed by atoms with E-state index in [-0.39, 0.29) is 35.6 Å². The van der Waals surface area contributed by atoms with Crippen LogP contribution in [0.1, 0.15) is 39.3 Å². The molecule has 1 aliphatic rings. The van der Waals surface area contributed by atoms with Gasteiger partial charge in [0.25, 0.3) is 0 Å². The molecule has 0 aliphatic carbocycles. The standard InChI is InChI=1S/C23H35N7.HI/c1-5-24-21(29-14-16-30(17-15-29)22-25-12-9-13-26-22)27-18-23(3,4)28-19(2)20-10-7-6-8-11-20;/h6-13,19,28H,5,14-18H2,1-4H3,(H,24,27);1H. The first kappa shape index (κ1) is 25.3. The zero-order chi connectivity index (χ0) is 21.4. The largest absolute Gasteiger partial charge is 0.357 e. The number of benzene rings is 1. The number of nitrogens with one attached hydrogen (secondary N) is 2. The third-order valence-corrected chi connectivity index (χ3v) is 5.28. The maximum absolute atomic E-state index is 4.97. The average molecular weight is 537 g/mol. The predicted molar refractivity (Wildman–Crippen MR) is 139 cm³/mol. The summed E-state index contributed by atoms with van der Waals surface area (Å²) in [4.78, 5) is 18.3. The molecule has 1 aliphatic heterocycles. The number of halogens is 1. The van der Waals surface area contributed by atoms with Gasteiger partial charge in [0.1, 0.15) is 0 Å². The zero-order valence-corrected chi connectivity index (χ0v) is 21.4. The number of guanidine groups is 1. The lowest BCUT2D eigenvalue weighted by Crippen LogP contribution is -2.53. The number of aromatic nitrogens is 2. The van der Waals surface area contributed by atoms with Crippen LogP contribution in [0.4, 0.5) is 5.95 Å². The van der Waals surface area contributed by atoms with E-state index in [1.807, 2.05) is 6.07 Å². The van der Waals surface area contributed by atoms with Crippen LogP contribution in [0.3, 0.4) is 0 Å². The normalized spacial score (nSPS) is 15.9. The molecule has 2 N–H and O–H groups in total. The molecule has 1 unspecified atom stereocenters. The van der Waals surface area contributed by atoms with Gasteiger partial charge in [0.05, 0.1) is 6.54 Å². The molecule has 2 aromatic rings. The Hall–Kier alpha value is -1.94. The van der Waals surface area contributed by atoms with E-state index in [0.29, 0.717) is 6.54 Å². The maximum Gasteiger partial charge on any atom is 0.225 e. The van der Waals surface area contributed by atoms with Gasteiger partial charge in [0, 0.05) is 56.7 Å². The summed E-state index contributed by atoms with van der Waals surface area (Å²) in [6.07, 6.45) is 3.59. The van der Waals surface area contributed by atoms with Crippen LogP contribution in [-0.2, 0) is 0 Å². The Labute approximate surface area is 203 Å². The second-order valence-corrected chi connectivity index (χ2v) is 8.35. The van der Waals surface area contributed by atoms with E-state index in [4.69, 9.17) is 4.99 Å². The van der Waals surface area contributed by atoms with E-state index in [1.165, 1.54) is 5.56 Å². The highest BCUT2D eigenvalue weighted by atomic mass is 127. The van der Waals surface area contributed by atoms with Gasteiger partial charge in [-0.05, 0) is 39.3 Å². The van der Waals surface area contributed by atoms with Crippen molar-refractivity contribution in [3.05, 3.63) is 54.4 Å². The van der Waals surface area contributed by atoms with Crippen LogP contribution in [0.15, 0.2) is 53.8 Å². The highest BCUT2D eigenvalue weighted by molar-refractivity contribution is 14.0. The van der Waals surface area contributed by atoms with Crippen LogP contribution >= 0.6 is 24.0 Å². The molecular formula is C23H36IN7. The quantitative estimate of drug-likeness (QED) is 0.321. The zero-order valence-electron chi connectivity index (χ0n) is 19.1. The molecule has 0 spiro atoms. The van der Waals surface area contributed by atoms with E-state index in [2.05, 4.69) is 88.4 Å². The highest BCUT2D eigenvalue weighted by Crippen LogP contribution is 2.17. The Morgan fingerprint density at radius 1 is 1.06 bits per heavy atom. The first-order valence-corrected chi connectivity index (χ1v) is 10.9. The monoisotopic (exact) mass is 537 g/mol. The van der Waals surface area contributed by atoms with E-state index >= 15 is 0 Å². The second kappa shape index (κ2) is 12.2. The third kappa shape index (κ3) is 7.60. The van der Waals surface area contributed by atoms with Gasteiger partial charge in [0.15, 0.2) is 5.96 Å². The van der Waals surface area contributed by atoms with E-state index in [0.717, 1.165) is 44.6 Å². The van der Waals surface area contributed by atoms with Gasteiger partial charge < -0.3 is 20.4 Å². The van der Waals surface area contributed by atoms with Crippen molar-refractivity contribution in [3.8, 4) is 0 Å². The molecule has 1 aromatic heterocycles. The predicted octanol–water partition coefficient (Wildman–Crippen LogP) is 3.31. The topological polar surface area (TPSA) is 68.7 Å². The van der Waals surface area contributed by atoms with E-state index < -0.39 is 0 Å². The van der Waals surface area contributed by atoms with Crippen LogP contribution in [0.2, 0.25) is 0 Å². The van der Waals surface area contributed by atoms with E-state index in [9.17, 15) is 0 Å². The van der Waals surface area contributed by atoms with Gasteiger partial charge in [-0.15, -0.1) is 24.0 Å². The van der Waals surface area contributed by atoms with Gasteiger partial charge in [-0.3, -0.25) is 4.99 Å². The number of aliphatic imine (C=N–C) groups is 1. The Morgan fingerprint density at radius 2 is 1.71 bits per heavy atom. The van der Waals surface area contributed by atoms with Crippen molar-refractivity contribution in [1.82, 2.24) is 25.5 Å². The van der Waals surface area contributed by atoms with E-state index in [1.54, 1.807) is 12.4 Å². The summed E-state index contributed by atoms with van der Waals surface area (Å²) in [7, 11) is 0. The van der Waals surface area contributed by atoms with Crippen molar-refractivity contribution in [3.63, 3.8) is 0 Å². The third-order valence-electron chi connectivity index (χ3n) is 5.28. The highest BCUT2D eigenvalue weighted by Gasteiger charge is 2.24. The minimum atomic E-state index is -0.115. The molecule has 3 rings (SSSR count). The molecular weight excluding hydrogens is 501 g/mol. The molecule has 1 saturated heterocycles. The Balaban J connectivity index is 0.00000341. The number of anilines is 1. The molecule has 0 radical (unpaired) electrons. The fourth-order valence-electron chi connectivity index (χ4n) is 3.73. The van der Waals surface area contributed by atoms with Gasteiger partial charge in [-0.2, -0.15) is 0 Å². The smallest absolute Gasteiger partial charge is 0.225 e. The van der Waals surface area contributed by atoms with Gasteiger partial charge in [-0.1, -0.05) is 30.3 Å². The summed E-state index contributed by atoms with van der Waals surface area (Å²) in [5, 5.41) is 7.19. The maximum atomic E-state index is 4.97. The molecule has 8 heteroatoms. The molecule has 1 fully saturated rings. The number of hydrogen-bond acceptors (Lipinski definition) is 5. The summed E-state index contributed by atoms with van der Waals surface area (Å²) in [6, 6.07) is 12.7. The molecule has 31 heavy (non-hydrogen) atoms. The lowest BCUT2D eigenvalue weighted by molar-refractivity contribution is 0.345. The summed E-state index contributed by atoms with van der Waals surface area (Å²) in [6.45, 7) is 13.9. The van der Waals surface area contributed by atoms with Crippen molar-refractivity contribution < 1.29 is 0 Å². The number of piperazine rings is 1. The molecule has 170 valence electrons. The summed E-state index contributed by atoms with van der Waals surface area (Å²) >= 11 is 0. The van der Waals surface area contributed by atoms with Crippen molar-refractivity contribution in [2.24, 2.45) is 4.99 Å². The molecule has 1 atom stereocenters. The molecule has 0 amide bonds. The number of nitrogens with zero attached hydrogens (tertiary/aromatic N) is 5. The number of rotatable bonds is 7. The molecule has 0 saturated carbocycles. The summed E-state index contributed by atoms with van der Waals surface area (Å²) in [5.41, 5.74) is 1.18. The lowest BCUT2D eigenvalue weighted by Gasteiger charge is -2.37. The van der Waals surface area contributed by atoms with Crippen molar-refractivity contribution in [2.75, 3.05) is 44.2 Å². The van der Waals surface area contributed by atoms with Crippen LogP contribution in [-0.4, -0.2) is 65.6 Å². The first-order chi connectivity index (χ1) is 14.5. The Bertz CT molecular complexity index is 790. The molecule has 7 nitrogen and oxygen atoms in total. The molecule has 1 aromatic carbocycles. The molecule has 0 bridgehead atoms. The number of hydrogen-bond donors (Lipinski definition) is 2. The summed E-state index contributed by atoms with van der Waals surface area (Å²) in [5.74, 6) is 1.78. The Morgan fingerprint density at radius 3 is 2.32 bits per heavy atom. The fourth-order valence-corrected chi connectivity index (χ4v) is 3.73. The van der Waals surface area contributed by atoms with Gasteiger partial charge in [0.2, 0.25) is 5.95 Å². The van der Waals surface area contributed by atoms with Crippen molar-refractivity contribution in [1.29, 1.82) is 0 Å². The minimum absolute atomic E-state index is 0. The van der Waals surface area contributed by atoms with Crippen LogP contribution in [0.5, 0.6) is 0 Å². The van der Waals surface area contributed by atoms with Crippen molar-refractivity contribution >= 4 is 35.9 Å². The van der Waals surface area contributed by atoms with Crippen LogP contribution in [0, 0.1) is 0 Å². The fraction of sp³-hybridized carbons (Fsp3) is 0.522. The summed E-state index contributed by atoms with van der Waals surface area (Å²) < 4.78 is 0.